The number of aryl methyl sites for hydroxylation is 1. The standard InChI is InChI=1S/C20H27N3O4S/c1-4-23(14-9-7-6-8-10-14)15(24)11-22-12-21-18-16(19(22)25)13(3)17(28-18)20(26)27-5-2/h12,14H,4-11H2,1-3H3. The van der Waals surface area contributed by atoms with Crippen molar-refractivity contribution in [2.24, 2.45) is 0 Å². The minimum absolute atomic E-state index is 0.0316. The van der Waals surface area contributed by atoms with Gasteiger partial charge in [0.1, 0.15) is 16.3 Å². The normalized spacial score (nSPS) is 15.0. The Morgan fingerprint density at radius 2 is 2.00 bits per heavy atom. The van der Waals surface area contributed by atoms with E-state index in [4.69, 9.17) is 4.74 Å². The molecule has 1 fully saturated rings. The molecule has 0 aromatic carbocycles. The summed E-state index contributed by atoms with van der Waals surface area (Å²) in [6.45, 7) is 6.32. The second-order valence-electron chi connectivity index (χ2n) is 7.11. The summed E-state index contributed by atoms with van der Waals surface area (Å²) in [7, 11) is 0. The van der Waals surface area contributed by atoms with Gasteiger partial charge >= 0.3 is 5.97 Å². The minimum atomic E-state index is -0.445. The molecular formula is C20H27N3O4S. The van der Waals surface area contributed by atoms with E-state index in [1.54, 1.807) is 13.8 Å². The lowest BCUT2D eigenvalue weighted by atomic mass is 9.94. The molecule has 0 aliphatic heterocycles. The van der Waals surface area contributed by atoms with Crippen LogP contribution in [0.3, 0.4) is 0 Å². The summed E-state index contributed by atoms with van der Waals surface area (Å²) < 4.78 is 6.41. The molecule has 2 aromatic rings. The lowest BCUT2D eigenvalue weighted by Gasteiger charge is -2.33. The number of esters is 1. The van der Waals surface area contributed by atoms with Crippen molar-refractivity contribution in [2.45, 2.75) is 65.5 Å². The Balaban J connectivity index is 1.88. The van der Waals surface area contributed by atoms with Gasteiger partial charge in [0.15, 0.2) is 0 Å². The van der Waals surface area contributed by atoms with Crippen LogP contribution in [0, 0.1) is 6.92 Å². The van der Waals surface area contributed by atoms with E-state index in [0.29, 0.717) is 27.2 Å². The van der Waals surface area contributed by atoms with Crippen molar-refractivity contribution in [3.8, 4) is 0 Å². The van der Waals surface area contributed by atoms with Crippen LogP contribution in [0.2, 0.25) is 0 Å². The van der Waals surface area contributed by atoms with Crippen LogP contribution in [-0.2, 0) is 16.1 Å². The van der Waals surface area contributed by atoms with Gasteiger partial charge in [0.25, 0.3) is 5.56 Å². The van der Waals surface area contributed by atoms with Crippen molar-refractivity contribution in [3.05, 3.63) is 27.1 Å². The molecule has 0 atom stereocenters. The molecule has 28 heavy (non-hydrogen) atoms. The first kappa shape index (κ1) is 20.5. The number of hydrogen-bond donors (Lipinski definition) is 0. The van der Waals surface area contributed by atoms with E-state index in [1.165, 1.54) is 17.3 Å². The van der Waals surface area contributed by atoms with Crippen molar-refractivity contribution < 1.29 is 14.3 Å². The number of carbonyl (C=O) groups excluding carboxylic acids is 2. The van der Waals surface area contributed by atoms with Crippen molar-refractivity contribution in [3.63, 3.8) is 0 Å². The highest BCUT2D eigenvalue weighted by molar-refractivity contribution is 7.20. The molecule has 7 nitrogen and oxygen atoms in total. The summed E-state index contributed by atoms with van der Waals surface area (Å²) in [4.78, 5) is 45.1. The number of likely N-dealkylation sites (N-methyl/N-ethyl adjacent to an activating group) is 1. The zero-order valence-electron chi connectivity index (χ0n) is 16.7. The van der Waals surface area contributed by atoms with Crippen LogP contribution >= 0.6 is 11.3 Å². The molecule has 0 saturated heterocycles. The average molecular weight is 406 g/mol. The molecule has 3 rings (SSSR count). The second kappa shape index (κ2) is 8.86. The van der Waals surface area contributed by atoms with Gasteiger partial charge in [-0.25, -0.2) is 9.78 Å². The molecular weight excluding hydrogens is 378 g/mol. The summed E-state index contributed by atoms with van der Waals surface area (Å²) in [5, 5.41) is 0.393. The average Bonchev–Trinajstić information content (AvgIpc) is 3.03. The Labute approximate surface area is 168 Å². The molecule has 1 amide bonds. The van der Waals surface area contributed by atoms with Gasteiger partial charge in [-0.15, -0.1) is 11.3 Å². The summed E-state index contributed by atoms with van der Waals surface area (Å²) in [6, 6.07) is 0.261. The van der Waals surface area contributed by atoms with Gasteiger partial charge in [-0.3, -0.25) is 14.2 Å². The number of fused-ring (bicyclic) bond motifs is 1. The predicted octanol–water partition coefficient (Wildman–Crippen LogP) is 3.12. The van der Waals surface area contributed by atoms with Crippen LogP contribution in [0.1, 0.15) is 61.2 Å². The van der Waals surface area contributed by atoms with Gasteiger partial charge < -0.3 is 9.64 Å². The fraction of sp³-hybridized carbons (Fsp3) is 0.600. The quantitative estimate of drug-likeness (QED) is 0.690. The molecule has 1 aliphatic rings. The number of rotatable bonds is 6. The highest BCUT2D eigenvalue weighted by Crippen LogP contribution is 2.27. The number of carbonyl (C=O) groups is 2. The number of amides is 1. The molecule has 1 aliphatic carbocycles. The van der Waals surface area contributed by atoms with Crippen molar-refractivity contribution in [1.82, 2.24) is 14.5 Å². The smallest absolute Gasteiger partial charge is 0.348 e. The van der Waals surface area contributed by atoms with E-state index < -0.39 is 5.97 Å². The molecule has 1 saturated carbocycles. The Hall–Kier alpha value is -2.22. The highest BCUT2D eigenvalue weighted by atomic mass is 32.1. The first-order chi connectivity index (χ1) is 13.5. The highest BCUT2D eigenvalue weighted by Gasteiger charge is 2.25. The van der Waals surface area contributed by atoms with Gasteiger partial charge in [-0.05, 0) is 39.2 Å². The third kappa shape index (κ3) is 3.97. The predicted molar refractivity (Wildman–Crippen MR) is 109 cm³/mol. The Morgan fingerprint density at radius 1 is 1.29 bits per heavy atom. The maximum Gasteiger partial charge on any atom is 0.348 e. The molecule has 2 aromatic heterocycles. The fourth-order valence-corrected chi connectivity index (χ4v) is 4.96. The van der Waals surface area contributed by atoms with Crippen LogP contribution in [0.4, 0.5) is 0 Å². The second-order valence-corrected chi connectivity index (χ2v) is 8.11. The summed E-state index contributed by atoms with van der Waals surface area (Å²) in [6.07, 6.45) is 6.97. The number of nitrogens with zero attached hydrogens (tertiary/aromatic N) is 3. The van der Waals surface area contributed by atoms with E-state index in [1.807, 2.05) is 11.8 Å². The molecule has 0 unspecified atom stereocenters. The van der Waals surface area contributed by atoms with E-state index >= 15 is 0 Å². The van der Waals surface area contributed by atoms with E-state index in [2.05, 4.69) is 4.98 Å². The first-order valence-corrected chi connectivity index (χ1v) is 10.7. The van der Waals surface area contributed by atoms with Gasteiger partial charge in [0.2, 0.25) is 5.91 Å². The SMILES string of the molecule is CCOC(=O)c1sc2ncn(CC(=O)N(CC)C3CCCCC3)c(=O)c2c1C. The number of aromatic nitrogens is 2. The van der Waals surface area contributed by atoms with Crippen LogP contribution in [0.5, 0.6) is 0 Å². The summed E-state index contributed by atoms with van der Waals surface area (Å²) in [5.41, 5.74) is 0.278. The van der Waals surface area contributed by atoms with Crippen LogP contribution in [0.25, 0.3) is 10.2 Å². The molecule has 0 bridgehead atoms. The van der Waals surface area contributed by atoms with Crippen LogP contribution < -0.4 is 5.56 Å². The zero-order valence-corrected chi connectivity index (χ0v) is 17.5. The molecule has 0 N–H and O–H groups in total. The number of thiophene rings is 1. The molecule has 8 heteroatoms. The van der Waals surface area contributed by atoms with Crippen LogP contribution in [-0.4, -0.2) is 45.5 Å². The van der Waals surface area contributed by atoms with E-state index in [0.717, 1.165) is 37.0 Å². The van der Waals surface area contributed by atoms with Crippen molar-refractivity contribution >= 4 is 33.4 Å². The molecule has 2 heterocycles. The van der Waals surface area contributed by atoms with Gasteiger partial charge in [0, 0.05) is 12.6 Å². The van der Waals surface area contributed by atoms with E-state index in [9.17, 15) is 14.4 Å². The van der Waals surface area contributed by atoms with Gasteiger partial charge in [0.05, 0.1) is 18.3 Å². The van der Waals surface area contributed by atoms with Crippen molar-refractivity contribution in [1.29, 1.82) is 0 Å². The first-order valence-electron chi connectivity index (χ1n) is 9.93. The maximum atomic E-state index is 13.0. The Morgan fingerprint density at radius 3 is 2.64 bits per heavy atom. The third-order valence-electron chi connectivity index (χ3n) is 5.36. The zero-order chi connectivity index (χ0) is 20.3. The largest absolute Gasteiger partial charge is 0.462 e. The number of ether oxygens (including phenoxy) is 1. The van der Waals surface area contributed by atoms with Gasteiger partial charge in [-0.1, -0.05) is 19.3 Å². The summed E-state index contributed by atoms with van der Waals surface area (Å²) in [5.74, 6) is -0.504. The number of hydrogen-bond acceptors (Lipinski definition) is 6. The fourth-order valence-electron chi connectivity index (χ4n) is 3.93. The van der Waals surface area contributed by atoms with Crippen LogP contribution in [0.15, 0.2) is 11.1 Å². The lowest BCUT2D eigenvalue weighted by molar-refractivity contribution is -0.134. The Kier molecular flexibility index (Phi) is 6.49. The third-order valence-corrected chi connectivity index (χ3v) is 6.54. The molecule has 0 radical (unpaired) electrons. The van der Waals surface area contributed by atoms with Crippen molar-refractivity contribution in [2.75, 3.05) is 13.2 Å². The minimum Gasteiger partial charge on any atom is -0.462 e. The summed E-state index contributed by atoms with van der Waals surface area (Å²) >= 11 is 1.15. The monoisotopic (exact) mass is 405 g/mol. The molecule has 0 spiro atoms. The maximum absolute atomic E-state index is 13.0. The topological polar surface area (TPSA) is 81.5 Å². The Bertz CT molecular complexity index is 927. The lowest BCUT2D eigenvalue weighted by Crippen LogP contribution is -2.44. The van der Waals surface area contributed by atoms with Gasteiger partial charge in [-0.2, -0.15) is 0 Å². The van der Waals surface area contributed by atoms with E-state index in [-0.39, 0.29) is 30.7 Å². The molecule has 152 valence electrons.